The second-order valence-electron chi connectivity index (χ2n) is 4.32. The predicted molar refractivity (Wildman–Crippen MR) is 69.5 cm³/mol. The maximum absolute atomic E-state index is 6.36. The van der Waals surface area contributed by atoms with Crippen LogP contribution >= 0.6 is 11.6 Å². The van der Waals surface area contributed by atoms with Crippen LogP contribution in [0.3, 0.4) is 0 Å². The average molecular weight is 256 g/mol. The fourth-order valence-electron chi connectivity index (χ4n) is 2.55. The van der Waals surface area contributed by atoms with Gasteiger partial charge in [-0.15, -0.1) is 0 Å². The Bertz CT molecular complexity index is 414. The molecule has 1 heterocycles. The lowest BCUT2D eigenvalue weighted by Gasteiger charge is -2.19. The molecule has 1 N–H and O–H groups in total. The van der Waals surface area contributed by atoms with Crippen molar-refractivity contribution >= 4 is 11.6 Å². The van der Waals surface area contributed by atoms with E-state index in [9.17, 15) is 0 Å². The lowest BCUT2D eigenvalue weighted by molar-refractivity contribution is 0.352. The highest BCUT2D eigenvalue weighted by molar-refractivity contribution is 6.31. The second kappa shape index (κ2) is 5.15. The molecular weight excluding hydrogens is 238 g/mol. The van der Waals surface area contributed by atoms with E-state index in [1.165, 1.54) is 5.56 Å². The third-order valence-corrected chi connectivity index (χ3v) is 3.69. The molecule has 0 spiro atoms. The van der Waals surface area contributed by atoms with Gasteiger partial charge in [-0.25, -0.2) is 0 Å². The Morgan fingerprint density at radius 2 is 2.12 bits per heavy atom. The van der Waals surface area contributed by atoms with E-state index in [2.05, 4.69) is 5.32 Å². The van der Waals surface area contributed by atoms with E-state index in [0.29, 0.717) is 11.7 Å². The summed E-state index contributed by atoms with van der Waals surface area (Å²) in [6, 6.07) is 1.85. The van der Waals surface area contributed by atoms with Gasteiger partial charge in [0.05, 0.1) is 14.2 Å². The third kappa shape index (κ3) is 2.22. The summed E-state index contributed by atoms with van der Waals surface area (Å²) in [5, 5.41) is 4.13. The molecule has 17 heavy (non-hydrogen) atoms. The molecule has 0 radical (unpaired) electrons. The van der Waals surface area contributed by atoms with Crippen LogP contribution in [0.4, 0.5) is 0 Å². The van der Waals surface area contributed by atoms with E-state index in [4.69, 9.17) is 21.1 Å². The highest BCUT2D eigenvalue weighted by atomic mass is 35.5. The largest absolute Gasteiger partial charge is 0.493 e. The van der Waals surface area contributed by atoms with Gasteiger partial charge in [0.1, 0.15) is 0 Å². The number of benzene rings is 1. The molecule has 1 saturated heterocycles. The van der Waals surface area contributed by atoms with Crippen molar-refractivity contribution in [3.05, 3.63) is 22.2 Å². The molecule has 2 rings (SSSR count). The van der Waals surface area contributed by atoms with E-state index >= 15 is 0 Å². The van der Waals surface area contributed by atoms with Crippen molar-refractivity contribution in [1.29, 1.82) is 0 Å². The van der Waals surface area contributed by atoms with Gasteiger partial charge in [-0.3, -0.25) is 0 Å². The van der Waals surface area contributed by atoms with Gasteiger partial charge in [-0.05, 0) is 36.9 Å². The molecule has 0 bridgehead atoms. The summed E-state index contributed by atoms with van der Waals surface area (Å²) in [6.07, 6.45) is 1.12. The standard InChI is InChI=1S/C13H18ClNO2/c1-8-12(9-4-5-15-7-9)10(14)6-11(16-2)13(8)17-3/h6,9,15H,4-5,7H2,1-3H3. The van der Waals surface area contributed by atoms with Crippen LogP contribution in [0, 0.1) is 6.92 Å². The van der Waals surface area contributed by atoms with Gasteiger partial charge in [-0.1, -0.05) is 11.6 Å². The topological polar surface area (TPSA) is 30.5 Å². The first kappa shape index (κ1) is 12.5. The van der Waals surface area contributed by atoms with Crippen LogP contribution in [0.2, 0.25) is 5.02 Å². The highest BCUT2D eigenvalue weighted by Crippen LogP contribution is 2.42. The van der Waals surface area contributed by atoms with E-state index in [1.54, 1.807) is 14.2 Å². The number of hydrogen-bond acceptors (Lipinski definition) is 3. The van der Waals surface area contributed by atoms with E-state index in [0.717, 1.165) is 35.8 Å². The highest BCUT2D eigenvalue weighted by Gasteiger charge is 2.24. The molecule has 1 fully saturated rings. The van der Waals surface area contributed by atoms with Gasteiger partial charge in [0.15, 0.2) is 11.5 Å². The smallest absolute Gasteiger partial charge is 0.164 e. The van der Waals surface area contributed by atoms with Crippen LogP contribution < -0.4 is 14.8 Å². The zero-order valence-corrected chi connectivity index (χ0v) is 11.2. The molecule has 0 aliphatic carbocycles. The average Bonchev–Trinajstić information content (AvgIpc) is 2.82. The Labute approximate surface area is 107 Å². The molecule has 1 atom stereocenters. The summed E-state index contributed by atoms with van der Waals surface area (Å²) >= 11 is 6.36. The zero-order valence-electron chi connectivity index (χ0n) is 10.5. The summed E-state index contributed by atoms with van der Waals surface area (Å²) in [6.45, 7) is 4.08. The minimum Gasteiger partial charge on any atom is -0.493 e. The maximum Gasteiger partial charge on any atom is 0.164 e. The summed E-state index contributed by atoms with van der Waals surface area (Å²) in [7, 11) is 3.29. The first-order valence-corrected chi connectivity index (χ1v) is 6.18. The third-order valence-electron chi connectivity index (χ3n) is 3.38. The van der Waals surface area contributed by atoms with Crippen molar-refractivity contribution in [3.63, 3.8) is 0 Å². The number of rotatable bonds is 3. The predicted octanol–water partition coefficient (Wildman–Crippen LogP) is 2.74. The molecule has 1 aliphatic rings. The van der Waals surface area contributed by atoms with Crippen molar-refractivity contribution in [2.24, 2.45) is 0 Å². The molecule has 3 nitrogen and oxygen atoms in total. The van der Waals surface area contributed by atoms with Gasteiger partial charge in [0, 0.05) is 17.6 Å². The van der Waals surface area contributed by atoms with Gasteiger partial charge in [0.2, 0.25) is 0 Å². The molecule has 0 aromatic heterocycles. The summed E-state index contributed by atoms with van der Waals surface area (Å²) in [4.78, 5) is 0. The Morgan fingerprint density at radius 3 is 2.65 bits per heavy atom. The SMILES string of the molecule is COc1cc(Cl)c(C2CCNC2)c(C)c1OC. The lowest BCUT2D eigenvalue weighted by Crippen LogP contribution is -2.10. The van der Waals surface area contributed by atoms with E-state index < -0.39 is 0 Å². The molecule has 1 unspecified atom stereocenters. The Hall–Kier alpha value is -0.930. The number of ether oxygens (including phenoxy) is 2. The van der Waals surface area contributed by atoms with Crippen LogP contribution in [0.1, 0.15) is 23.5 Å². The van der Waals surface area contributed by atoms with Crippen molar-refractivity contribution in [2.75, 3.05) is 27.3 Å². The molecule has 1 aromatic rings. The fourth-order valence-corrected chi connectivity index (χ4v) is 2.95. The molecule has 4 heteroatoms. The van der Waals surface area contributed by atoms with Crippen LogP contribution in [-0.4, -0.2) is 27.3 Å². The van der Waals surface area contributed by atoms with Crippen molar-refractivity contribution < 1.29 is 9.47 Å². The molecule has 0 amide bonds. The number of methoxy groups -OCH3 is 2. The van der Waals surface area contributed by atoms with E-state index in [-0.39, 0.29) is 0 Å². The molecule has 0 saturated carbocycles. The number of halogens is 1. The van der Waals surface area contributed by atoms with Crippen LogP contribution in [0.15, 0.2) is 6.07 Å². The lowest BCUT2D eigenvalue weighted by atomic mass is 9.93. The zero-order chi connectivity index (χ0) is 12.4. The second-order valence-corrected chi connectivity index (χ2v) is 4.73. The maximum atomic E-state index is 6.36. The fraction of sp³-hybridized carbons (Fsp3) is 0.538. The Morgan fingerprint density at radius 1 is 1.35 bits per heavy atom. The van der Waals surface area contributed by atoms with Gasteiger partial charge in [-0.2, -0.15) is 0 Å². The van der Waals surface area contributed by atoms with Crippen molar-refractivity contribution in [2.45, 2.75) is 19.3 Å². The molecule has 1 aliphatic heterocycles. The normalized spacial score (nSPS) is 19.4. The van der Waals surface area contributed by atoms with Crippen molar-refractivity contribution in [1.82, 2.24) is 5.32 Å². The van der Waals surface area contributed by atoms with Gasteiger partial charge in [0.25, 0.3) is 0 Å². The Kier molecular flexibility index (Phi) is 3.79. The van der Waals surface area contributed by atoms with E-state index in [1.807, 2.05) is 13.0 Å². The van der Waals surface area contributed by atoms with Crippen molar-refractivity contribution in [3.8, 4) is 11.5 Å². The Balaban J connectivity index is 2.51. The molecular formula is C13H18ClNO2. The first-order chi connectivity index (χ1) is 8.19. The molecule has 1 aromatic carbocycles. The quantitative estimate of drug-likeness (QED) is 0.901. The van der Waals surface area contributed by atoms with Crippen LogP contribution in [0.25, 0.3) is 0 Å². The first-order valence-electron chi connectivity index (χ1n) is 5.80. The van der Waals surface area contributed by atoms with Gasteiger partial charge < -0.3 is 14.8 Å². The summed E-state index contributed by atoms with van der Waals surface area (Å²) < 4.78 is 10.7. The number of hydrogen-bond donors (Lipinski definition) is 1. The van der Waals surface area contributed by atoms with Gasteiger partial charge >= 0.3 is 0 Å². The monoisotopic (exact) mass is 255 g/mol. The minimum absolute atomic E-state index is 0.474. The molecule has 94 valence electrons. The summed E-state index contributed by atoms with van der Waals surface area (Å²) in [5.41, 5.74) is 2.28. The summed E-state index contributed by atoms with van der Waals surface area (Å²) in [5.74, 6) is 1.96. The van der Waals surface area contributed by atoms with Crippen LogP contribution in [-0.2, 0) is 0 Å². The van der Waals surface area contributed by atoms with Crippen LogP contribution in [0.5, 0.6) is 11.5 Å². The minimum atomic E-state index is 0.474. The number of nitrogens with one attached hydrogen (secondary N) is 1.